The second-order valence-corrected chi connectivity index (χ2v) is 6.53. The van der Waals surface area contributed by atoms with E-state index in [1.807, 2.05) is 6.07 Å². The summed E-state index contributed by atoms with van der Waals surface area (Å²) in [5.41, 5.74) is 1.04. The van der Waals surface area contributed by atoms with Crippen LogP contribution in [0.2, 0.25) is 0 Å². The van der Waals surface area contributed by atoms with Gasteiger partial charge in [0, 0.05) is 12.3 Å². The molecule has 1 aromatic heterocycles. The number of thiazole rings is 1. The molecule has 1 heterocycles. The number of ether oxygens (including phenoxy) is 2. The third-order valence-electron chi connectivity index (χ3n) is 3.33. The largest absolute Gasteiger partial charge is 0.469 e. The fraction of sp³-hybridized carbons (Fsp3) is 0.211. The molecule has 0 bridgehead atoms. The fourth-order valence-corrected chi connectivity index (χ4v) is 2.81. The summed E-state index contributed by atoms with van der Waals surface area (Å²) in [6.45, 7) is 0.684. The van der Waals surface area contributed by atoms with Gasteiger partial charge in [-0.15, -0.1) is 11.3 Å². The maximum atomic E-state index is 12.2. The van der Waals surface area contributed by atoms with Crippen LogP contribution in [0.15, 0.2) is 41.4 Å². The first-order valence-electron chi connectivity index (χ1n) is 8.40. The molecule has 0 atom stereocenters. The lowest BCUT2D eigenvalue weighted by Gasteiger charge is -2.09. The molecule has 10 heteroatoms. The lowest BCUT2D eigenvalue weighted by atomic mass is 10.2. The molecular formula is C19H19N3O6S. The predicted octanol–water partition coefficient (Wildman–Crippen LogP) is 1.52. The number of nitrogens with one attached hydrogen (secondary N) is 2. The average Bonchev–Trinajstić information content (AvgIpc) is 3.12. The Morgan fingerprint density at radius 3 is 2.55 bits per heavy atom. The van der Waals surface area contributed by atoms with Crippen LogP contribution in [-0.4, -0.2) is 42.5 Å². The number of esters is 2. The Morgan fingerprint density at radius 1 is 1.17 bits per heavy atom. The topological polar surface area (TPSA) is 124 Å². The number of carbonyl (C=O) groups is 4. The molecule has 0 radical (unpaired) electrons. The van der Waals surface area contributed by atoms with Crippen LogP contribution >= 0.6 is 11.3 Å². The summed E-state index contributed by atoms with van der Waals surface area (Å²) in [4.78, 5) is 50.9. The summed E-state index contributed by atoms with van der Waals surface area (Å²) in [6, 6.07) is 8.86. The fourth-order valence-electron chi connectivity index (χ4n) is 2.08. The second kappa shape index (κ2) is 10.7. The molecule has 0 spiro atoms. The Morgan fingerprint density at radius 2 is 1.90 bits per heavy atom. The highest BCUT2D eigenvalue weighted by Crippen LogP contribution is 2.16. The summed E-state index contributed by atoms with van der Waals surface area (Å²) in [6.07, 6.45) is 1.43. The van der Waals surface area contributed by atoms with Gasteiger partial charge in [-0.2, -0.15) is 0 Å². The van der Waals surface area contributed by atoms with E-state index in [2.05, 4.69) is 20.4 Å². The summed E-state index contributed by atoms with van der Waals surface area (Å²) in [7, 11) is 1.27. The molecular weight excluding hydrogens is 398 g/mol. The van der Waals surface area contributed by atoms with Gasteiger partial charge in [-0.05, 0) is 11.6 Å². The number of carbonyl (C=O) groups excluding carboxylic acids is 4. The zero-order valence-electron chi connectivity index (χ0n) is 15.8. The van der Waals surface area contributed by atoms with Crippen LogP contribution in [0.4, 0.5) is 5.13 Å². The van der Waals surface area contributed by atoms with Crippen molar-refractivity contribution in [2.75, 3.05) is 19.0 Å². The molecule has 2 rings (SSSR count). The van der Waals surface area contributed by atoms with Crippen molar-refractivity contribution in [3.05, 3.63) is 52.7 Å². The van der Waals surface area contributed by atoms with Gasteiger partial charge >= 0.3 is 11.9 Å². The van der Waals surface area contributed by atoms with Crippen molar-refractivity contribution in [1.29, 1.82) is 0 Å². The van der Waals surface area contributed by atoms with Crippen LogP contribution in [0.1, 0.15) is 18.2 Å². The molecule has 2 N–H and O–H groups in total. The van der Waals surface area contributed by atoms with Gasteiger partial charge in [-0.25, -0.2) is 9.78 Å². The molecule has 9 nitrogen and oxygen atoms in total. The Hall–Kier alpha value is -3.53. The first kappa shape index (κ1) is 21.8. The minimum atomic E-state index is -0.857. The zero-order valence-corrected chi connectivity index (χ0v) is 16.6. The summed E-state index contributed by atoms with van der Waals surface area (Å²) in [5, 5.41) is 6.72. The maximum Gasteiger partial charge on any atom is 0.355 e. The second-order valence-electron chi connectivity index (χ2n) is 5.67. The van der Waals surface area contributed by atoms with E-state index in [9.17, 15) is 19.2 Å². The van der Waals surface area contributed by atoms with Crippen LogP contribution in [0, 0.1) is 0 Å². The number of anilines is 1. The lowest BCUT2D eigenvalue weighted by Crippen LogP contribution is -2.28. The summed E-state index contributed by atoms with van der Waals surface area (Å²) >= 11 is 1.12. The van der Waals surface area contributed by atoms with Crippen molar-refractivity contribution in [1.82, 2.24) is 10.3 Å². The third kappa shape index (κ3) is 7.54. The molecule has 0 saturated carbocycles. The van der Waals surface area contributed by atoms with Gasteiger partial charge in [0.05, 0.1) is 19.2 Å². The van der Waals surface area contributed by atoms with E-state index >= 15 is 0 Å². The van der Waals surface area contributed by atoms with Crippen LogP contribution in [0.5, 0.6) is 0 Å². The van der Waals surface area contributed by atoms with Crippen molar-refractivity contribution >= 4 is 46.3 Å². The van der Waals surface area contributed by atoms with Gasteiger partial charge in [0.15, 0.2) is 11.7 Å². The Labute approximate surface area is 170 Å². The highest BCUT2D eigenvalue weighted by Gasteiger charge is 2.16. The van der Waals surface area contributed by atoms with Crippen LogP contribution in [-0.2, 0) is 35.1 Å². The minimum Gasteiger partial charge on any atom is -0.469 e. The molecule has 2 amide bonds. The maximum absolute atomic E-state index is 12.2. The average molecular weight is 417 g/mol. The molecule has 29 heavy (non-hydrogen) atoms. The first-order valence-corrected chi connectivity index (χ1v) is 9.28. The van der Waals surface area contributed by atoms with E-state index < -0.39 is 30.4 Å². The van der Waals surface area contributed by atoms with E-state index in [1.165, 1.54) is 20.1 Å². The van der Waals surface area contributed by atoms with Gasteiger partial charge in [-0.3, -0.25) is 19.7 Å². The summed E-state index contributed by atoms with van der Waals surface area (Å²) in [5.74, 6) is -2.36. The third-order valence-corrected chi connectivity index (χ3v) is 4.13. The highest BCUT2D eigenvalue weighted by atomic mass is 32.1. The molecule has 0 unspecified atom stereocenters. The number of amides is 2. The lowest BCUT2D eigenvalue weighted by molar-refractivity contribution is -0.144. The molecule has 0 saturated heterocycles. The molecule has 1 aromatic carbocycles. The quantitative estimate of drug-likeness (QED) is 0.493. The van der Waals surface area contributed by atoms with Crippen molar-refractivity contribution in [3.63, 3.8) is 0 Å². The van der Waals surface area contributed by atoms with Gasteiger partial charge < -0.3 is 14.8 Å². The Bertz CT molecular complexity index is 923. The number of hydrogen-bond acceptors (Lipinski definition) is 8. The van der Waals surface area contributed by atoms with Crippen LogP contribution in [0.3, 0.4) is 0 Å². The van der Waals surface area contributed by atoms with Gasteiger partial charge in [0.2, 0.25) is 5.91 Å². The van der Waals surface area contributed by atoms with Gasteiger partial charge in [0.25, 0.3) is 5.91 Å². The number of rotatable bonds is 8. The van der Waals surface area contributed by atoms with Crippen molar-refractivity contribution in [2.45, 2.75) is 13.3 Å². The molecule has 0 fully saturated rings. The highest BCUT2D eigenvalue weighted by molar-refractivity contribution is 7.13. The van der Waals surface area contributed by atoms with E-state index in [4.69, 9.17) is 4.74 Å². The van der Waals surface area contributed by atoms with Crippen molar-refractivity contribution in [2.24, 2.45) is 0 Å². The van der Waals surface area contributed by atoms with E-state index in [0.717, 1.165) is 11.3 Å². The summed E-state index contributed by atoms with van der Waals surface area (Å²) < 4.78 is 9.52. The van der Waals surface area contributed by atoms with Gasteiger partial charge in [0.1, 0.15) is 5.70 Å². The van der Waals surface area contributed by atoms with E-state index in [0.29, 0.717) is 11.3 Å². The van der Waals surface area contributed by atoms with E-state index in [-0.39, 0.29) is 17.2 Å². The molecule has 152 valence electrons. The van der Waals surface area contributed by atoms with Crippen LogP contribution < -0.4 is 10.6 Å². The number of hydrogen-bond donors (Lipinski definition) is 2. The zero-order chi connectivity index (χ0) is 21.2. The number of benzene rings is 1. The Balaban J connectivity index is 1.93. The molecule has 0 aliphatic carbocycles. The molecule has 0 aliphatic heterocycles. The van der Waals surface area contributed by atoms with Crippen molar-refractivity contribution < 1.29 is 28.7 Å². The SMILES string of the molecule is COC(=O)Cc1csc(NC(=O)COC(=O)/C(=C/c2ccccc2)NC(C)=O)n1. The molecule has 0 aliphatic rings. The predicted molar refractivity (Wildman–Crippen MR) is 106 cm³/mol. The normalized spacial score (nSPS) is 10.8. The van der Waals surface area contributed by atoms with Crippen molar-refractivity contribution in [3.8, 4) is 0 Å². The number of aromatic nitrogens is 1. The standard InChI is InChI=1S/C19H19N3O6S/c1-12(23)20-15(8-13-6-4-3-5-7-13)18(26)28-10-16(24)22-19-21-14(11-29-19)9-17(25)27-2/h3-8,11H,9-10H2,1-2H3,(H,20,23)(H,21,22,24)/b15-8-. The minimum absolute atomic E-state index is 0.0117. The number of methoxy groups -OCH3 is 1. The number of nitrogens with zero attached hydrogens (tertiary/aromatic N) is 1. The monoisotopic (exact) mass is 417 g/mol. The smallest absolute Gasteiger partial charge is 0.355 e. The Kier molecular flexibility index (Phi) is 8.04. The van der Waals surface area contributed by atoms with Crippen LogP contribution in [0.25, 0.3) is 6.08 Å². The van der Waals surface area contributed by atoms with Gasteiger partial charge in [-0.1, -0.05) is 30.3 Å². The molecule has 2 aromatic rings. The van der Waals surface area contributed by atoms with E-state index in [1.54, 1.807) is 29.6 Å². The first-order chi connectivity index (χ1) is 13.9.